The molecule has 13 heteroatoms. The fraction of sp³-hybridized carbons (Fsp3) is 0.500. The van der Waals surface area contributed by atoms with Crippen molar-refractivity contribution in [3.05, 3.63) is 28.9 Å². The number of benzene rings is 1. The molecule has 2 N–H and O–H groups in total. The van der Waals surface area contributed by atoms with Crippen LogP contribution >= 0.6 is 15.9 Å². The Bertz CT molecular complexity index is 1240. The standard InChI is InChI=1S/C20H30BrN5O4S2Si/c1-31(27,26-32(28,29)11-12-33(2,3)4)18-8-7-15-13-17(18)30-10-6-5-9-22-19-16(21)14-23-20(24-15)25-19/h7-8,13-14H,5-6,9-12H2,1-4H3,(H2,22,23,24,25). The van der Waals surface area contributed by atoms with E-state index in [-0.39, 0.29) is 10.6 Å². The highest BCUT2D eigenvalue weighted by Gasteiger charge is 2.22. The van der Waals surface area contributed by atoms with E-state index in [4.69, 9.17) is 4.74 Å². The van der Waals surface area contributed by atoms with Gasteiger partial charge in [0, 0.05) is 38.8 Å². The lowest BCUT2D eigenvalue weighted by Crippen LogP contribution is -2.23. The Morgan fingerprint density at radius 1 is 1.21 bits per heavy atom. The molecule has 2 aromatic rings. The van der Waals surface area contributed by atoms with Gasteiger partial charge in [0.1, 0.15) is 11.6 Å². The predicted octanol–water partition coefficient (Wildman–Crippen LogP) is 4.69. The third-order valence-electron chi connectivity index (χ3n) is 4.84. The zero-order valence-corrected chi connectivity index (χ0v) is 23.4. The lowest BCUT2D eigenvalue weighted by molar-refractivity contribution is 0.301. The average molecular weight is 577 g/mol. The smallest absolute Gasteiger partial charge is 0.260 e. The number of nitrogens with one attached hydrogen (secondary N) is 2. The second-order valence-corrected chi connectivity index (χ2v) is 19.8. The van der Waals surface area contributed by atoms with Crippen LogP contribution in [0.1, 0.15) is 12.8 Å². The molecular weight excluding hydrogens is 546 g/mol. The Morgan fingerprint density at radius 3 is 2.70 bits per heavy atom. The average Bonchev–Trinajstić information content (AvgIpc) is 2.70. The Hall–Kier alpha value is -1.70. The monoisotopic (exact) mass is 575 g/mol. The third-order valence-corrected chi connectivity index (χ3v) is 11.5. The number of rotatable bonds is 5. The van der Waals surface area contributed by atoms with Crippen LogP contribution in [0.25, 0.3) is 0 Å². The molecule has 1 aliphatic rings. The molecule has 1 atom stereocenters. The van der Waals surface area contributed by atoms with E-state index < -0.39 is 27.8 Å². The number of halogens is 1. The molecule has 0 amide bonds. The van der Waals surface area contributed by atoms with Crippen LogP contribution in [0.5, 0.6) is 5.75 Å². The highest BCUT2D eigenvalue weighted by Crippen LogP contribution is 2.31. The minimum absolute atomic E-state index is 0.0976. The van der Waals surface area contributed by atoms with E-state index in [1.807, 2.05) is 0 Å². The largest absolute Gasteiger partial charge is 0.492 e. The molecule has 0 saturated heterocycles. The summed E-state index contributed by atoms with van der Waals surface area (Å²) < 4.78 is 49.2. The van der Waals surface area contributed by atoms with Gasteiger partial charge in [0.25, 0.3) is 10.0 Å². The first-order valence-electron chi connectivity index (χ1n) is 10.6. The van der Waals surface area contributed by atoms with Gasteiger partial charge in [0.2, 0.25) is 5.95 Å². The fourth-order valence-corrected chi connectivity index (χ4v) is 10.0. The molecule has 1 aromatic carbocycles. The van der Waals surface area contributed by atoms with Crippen molar-refractivity contribution in [2.75, 3.05) is 35.8 Å². The first-order chi connectivity index (χ1) is 15.3. The highest BCUT2D eigenvalue weighted by molar-refractivity contribution is 9.10. The Balaban J connectivity index is 1.98. The number of fused-ring (bicyclic) bond motifs is 4. The van der Waals surface area contributed by atoms with Gasteiger partial charge in [-0.2, -0.15) is 4.98 Å². The van der Waals surface area contributed by atoms with Gasteiger partial charge in [0.15, 0.2) is 0 Å². The zero-order chi connectivity index (χ0) is 24.3. The third kappa shape index (κ3) is 7.65. The molecular formula is C20H30BrN5O4S2Si. The van der Waals surface area contributed by atoms with E-state index in [0.717, 1.165) is 17.3 Å². The van der Waals surface area contributed by atoms with Crippen molar-refractivity contribution in [1.29, 1.82) is 0 Å². The van der Waals surface area contributed by atoms with Crippen molar-refractivity contribution >= 4 is 61.2 Å². The molecule has 3 rings (SSSR count). The first-order valence-corrected chi connectivity index (χ1v) is 18.6. The maximum Gasteiger partial charge on any atom is 0.260 e. The quantitative estimate of drug-likeness (QED) is 0.492. The van der Waals surface area contributed by atoms with Crippen LogP contribution in [0.2, 0.25) is 25.7 Å². The zero-order valence-electron chi connectivity index (χ0n) is 19.2. The predicted molar refractivity (Wildman–Crippen MR) is 139 cm³/mol. The van der Waals surface area contributed by atoms with Crippen molar-refractivity contribution < 1.29 is 17.4 Å². The molecule has 1 aliphatic heterocycles. The first kappa shape index (κ1) is 25.9. The van der Waals surface area contributed by atoms with Crippen molar-refractivity contribution in [2.45, 2.75) is 43.4 Å². The molecule has 0 radical (unpaired) electrons. The van der Waals surface area contributed by atoms with E-state index >= 15 is 0 Å². The van der Waals surface area contributed by atoms with Gasteiger partial charge in [-0.15, -0.1) is 3.77 Å². The minimum atomic E-state index is -3.84. The van der Waals surface area contributed by atoms with Gasteiger partial charge in [-0.3, -0.25) is 0 Å². The molecule has 182 valence electrons. The minimum Gasteiger partial charge on any atom is -0.492 e. The second-order valence-electron chi connectivity index (χ2n) is 9.13. The fourth-order valence-electron chi connectivity index (χ4n) is 3.04. The lowest BCUT2D eigenvalue weighted by Gasteiger charge is -2.16. The molecule has 0 fully saturated rings. The van der Waals surface area contributed by atoms with Gasteiger partial charge in [-0.05, 0) is 46.9 Å². The summed E-state index contributed by atoms with van der Waals surface area (Å²) >= 11 is 3.44. The van der Waals surface area contributed by atoms with Gasteiger partial charge >= 0.3 is 0 Å². The number of sulfonamides is 1. The number of aromatic nitrogens is 2. The summed E-state index contributed by atoms with van der Waals surface area (Å²) in [5.41, 5.74) is 0.623. The topological polar surface area (TPSA) is 123 Å². The van der Waals surface area contributed by atoms with Gasteiger partial charge in [-0.1, -0.05) is 19.6 Å². The summed E-state index contributed by atoms with van der Waals surface area (Å²) in [6.07, 6.45) is 4.57. The van der Waals surface area contributed by atoms with Crippen LogP contribution in [-0.4, -0.2) is 55.8 Å². The van der Waals surface area contributed by atoms with Crippen molar-refractivity contribution in [3.63, 3.8) is 0 Å². The Kier molecular flexibility index (Phi) is 8.07. The summed E-state index contributed by atoms with van der Waals surface area (Å²) in [6.45, 7) is 7.36. The number of hydrogen-bond acceptors (Lipinski definition) is 8. The Labute approximate surface area is 205 Å². The Morgan fingerprint density at radius 2 is 1.97 bits per heavy atom. The van der Waals surface area contributed by atoms with Crippen molar-refractivity contribution in [1.82, 2.24) is 9.97 Å². The van der Waals surface area contributed by atoms with Gasteiger partial charge in [-0.25, -0.2) is 17.6 Å². The second kappa shape index (κ2) is 10.3. The van der Waals surface area contributed by atoms with E-state index in [1.165, 1.54) is 6.26 Å². The summed E-state index contributed by atoms with van der Waals surface area (Å²) in [5, 5.41) is 6.38. The summed E-state index contributed by atoms with van der Waals surface area (Å²) in [5.74, 6) is 1.30. The molecule has 0 spiro atoms. The molecule has 0 saturated carbocycles. The van der Waals surface area contributed by atoms with E-state index in [1.54, 1.807) is 24.4 Å². The van der Waals surface area contributed by atoms with E-state index in [9.17, 15) is 12.6 Å². The molecule has 1 unspecified atom stereocenters. The maximum absolute atomic E-state index is 13.5. The van der Waals surface area contributed by atoms with Gasteiger partial charge < -0.3 is 15.4 Å². The number of hydrogen-bond donors (Lipinski definition) is 2. The maximum atomic E-state index is 13.5. The molecule has 33 heavy (non-hydrogen) atoms. The molecule has 9 nitrogen and oxygen atoms in total. The van der Waals surface area contributed by atoms with Crippen molar-refractivity contribution in [2.24, 2.45) is 3.77 Å². The lowest BCUT2D eigenvalue weighted by atomic mass is 10.3. The van der Waals surface area contributed by atoms with Crippen LogP contribution in [0, 0.1) is 0 Å². The van der Waals surface area contributed by atoms with Crippen molar-refractivity contribution in [3.8, 4) is 5.75 Å². The molecule has 4 bridgehead atoms. The molecule has 1 aromatic heterocycles. The van der Waals surface area contributed by atoms with E-state index in [2.05, 4.69) is 59.9 Å². The molecule has 2 heterocycles. The number of nitrogens with zero attached hydrogens (tertiary/aromatic N) is 3. The van der Waals surface area contributed by atoms with Crippen LogP contribution in [-0.2, 0) is 19.8 Å². The SMILES string of the molecule is C[Si](C)(C)CCS(=O)(=O)N=S(C)(=O)c1ccc2cc1OCCCCNc1nc(ncc1Br)N2. The number of anilines is 3. The van der Waals surface area contributed by atoms with Crippen LogP contribution in [0.3, 0.4) is 0 Å². The normalized spacial score (nSPS) is 16.5. The summed E-state index contributed by atoms with van der Waals surface area (Å²) in [7, 11) is -8.67. The highest BCUT2D eigenvalue weighted by atomic mass is 79.9. The number of ether oxygens (including phenoxy) is 1. The van der Waals surface area contributed by atoms with Crippen LogP contribution < -0.4 is 15.4 Å². The van der Waals surface area contributed by atoms with Crippen LogP contribution in [0.4, 0.5) is 17.5 Å². The summed E-state index contributed by atoms with van der Waals surface area (Å²) in [6, 6.07) is 5.52. The van der Waals surface area contributed by atoms with Crippen LogP contribution in [0.15, 0.2) is 37.5 Å². The van der Waals surface area contributed by atoms with E-state index in [0.29, 0.717) is 42.4 Å². The molecule has 0 aliphatic carbocycles. The summed E-state index contributed by atoms with van der Waals surface area (Å²) in [4.78, 5) is 9.01. The van der Waals surface area contributed by atoms with Gasteiger partial charge in [0.05, 0.1) is 31.5 Å².